The summed E-state index contributed by atoms with van der Waals surface area (Å²) in [5.74, 6) is 1.33. The Hall–Kier alpha value is -2.45. The topological polar surface area (TPSA) is 12.0 Å². The van der Waals surface area contributed by atoms with Gasteiger partial charge in [-0.05, 0) is 61.6 Å². The van der Waals surface area contributed by atoms with Gasteiger partial charge in [0.05, 0.1) is 0 Å². The molecule has 1 nitrogen and oxygen atoms in total. The highest BCUT2D eigenvalue weighted by atomic mass is 32.1. The summed E-state index contributed by atoms with van der Waals surface area (Å²) in [6.45, 7) is 18.9. The standard InChI is InChI=1S/C32H45NS/c1-8-11-13-16-24-32(27(6)19-17-18-26(4)5,30-20-14-15-21-31(30)34)28(7)22-23-29(10-3)33-25-12-9-2/h8-18,20-21,24-28,33-34H,1-2,19,22-23H2,3-7H3/b13-11-,18-17-,24-16-,25-12-,29-10+. The fourth-order valence-corrected chi connectivity index (χ4v) is 4.87. The molecule has 1 N–H and O–H groups in total. The fourth-order valence-electron chi connectivity index (χ4n) is 4.52. The number of allylic oxidation sites excluding steroid dienone is 11. The summed E-state index contributed by atoms with van der Waals surface area (Å²) in [4.78, 5) is 1.05. The van der Waals surface area contributed by atoms with E-state index in [-0.39, 0.29) is 5.41 Å². The van der Waals surface area contributed by atoms with Crippen LogP contribution in [0.4, 0.5) is 0 Å². The molecule has 0 aliphatic rings. The van der Waals surface area contributed by atoms with Crippen LogP contribution in [0.5, 0.6) is 0 Å². The zero-order valence-electron chi connectivity index (χ0n) is 21.9. The van der Waals surface area contributed by atoms with Crippen molar-refractivity contribution in [3.8, 4) is 0 Å². The molecule has 2 heteroatoms. The first-order chi connectivity index (χ1) is 16.3. The SMILES string of the molecule is C=C/C=C\C=C/C(c1ccccc1S)(C(C)C/C=C\C(C)C)C(C)CC/C(=C\C)N/C=C\C=C. The zero-order chi connectivity index (χ0) is 25.4. The summed E-state index contributed by atoms with van der Waals surface area (Å²) < 4.78 is 0. The second kappa shape index (κ2) is 16.2. The van der Waals surface area contributed by atoms with E-state index in [1.807, 2.05) is 24.4 Å². The third kappa shape index (κ3) is 9.06. The Kier molecular flexibility index (Phi) is 14.1. The number of nitrogens with one attached hydrogen (secondary N) is 1. The van der Waals surface area contributed by atoms with Gasteiger partial charge in [-0.15, -0.1) is 12.6 Å². The molecule has 0 saturated carbocycles. The molecule has 3 unspecified atom stereocenters. The summed E-state index contributed by atoms with van der Waals surface area (Å²) in [5, 5.41) is 3.41. The van der Waals surface area contributed by atoms with Crippen molar-refractivity contribution in [3.63, 3.8) is 0 Å². The predicted molar refractivity (Wildman–Crippen MR) is 156 cm³/mol. The minimum absolute atomic E-state index is 0.166. The zero-order valence-corrected chi connectivity index (χ0v) is 22.8. The van der Waals surface area contributed by atoms with Crippen LogP contribution < -0.4 is 5.32 Å². The molecule has 34 heavy (non-hydrogen) atoms. The van der Waals surface area contributed by atoms with Crippen LogP contribution in [-0.4, -0.2) is 0 Å². The van der Waals surface area contributed by atoms with Crippen LogP contribution in [0, 0.1) is 17.8 Å². The molecule has 0 spiro atoms. The molecule has 0 saturated heterocycles. The van der Waals surface area contributed by atoms with E-state index in [1.165, 1.54) is 11.3 Å². The van der Waals surface area contributed by atoms with Gasteiger partial charge in [-0.3, -0.25) is 0 Å². The highest BCUT2D eigenvalue weighted by molar-refractivity contribution is 7.80. The fraction of sp³-hybridized carbons (Fsp3) is 0.375. The van der Waals surface area contributed by atoms with Gasteiger partial charge in [0.15, 0.2) is 0 Å². The van der Waals surface area contributed by atoms with E-state index in [4.69, 9.17) is 12.6 Å². The lowest BCUT2D eigenvalue weighted by atomic mass is 9.61. The molecule has 1 aromatic rings. The monoisotopic (exact) mass is 475 g/mol. The number of benzene rings is 1. The Bertz CT molecular complexity index is 899. The maximum Gasteiger partial charge on any atom is 0.0200 e. The van der Waals surface area contributed by atoms with E-state index in [9.17, 15) is 0 Å². The van der Waals surface area contributed by atoms with E-state index in [0.29, 0.717) is 17.8 Å². The average Bonchev–Trinajstić information content (AvgIpc) is 2.81. The van der Waals surface area contributed by atoms with Crippen LogP contribution in [-0.2, 0) is 5.41 Å². The van der Waals surface area contributed by atoms with Gasteiger partial charge >= 0.3 is 0 Å². The number of thiol groups is 1. The Balaban J connectivity index is 3.48. The molecule has 0 amide bonds. The normalized spacial score (nSPS) is 16.5. The first-order valence-corrected chi connectivity index (χ1v) is 12.9. The van der Waals surface area contributed by atoms with Crippen LogP contribution in [0.15, 0.2) is 115 Å². The summed E-state index contributed by atoms with van der Waals surface area (Å²) in [6, 6.07) is 8.58. The molecule has 0 fully saturated rings. The van der Waals surface area contributed by atoms with E-state index in [0.717, 1.165) is 24.2 Å². The highest BCUT2D eigenvalue weighted by Gasteiger charge is 2.41. The van der Waals surface area contributed by atoms with Crippen LogP contribution in [0.1, 0.15) is 59.4 Å². The molecule has 1 rings (SSSR count). The Morgan fingerprint density at radius 2 is 1.71 bits per heavy atom. The molecule has 0 aromatic heterocycles. The van der Waals surface area contributed by atoms with Gasteiger partial charge in [-0.25, -0.2) is 0 Å². The van der Waals surface area contributed by atoms with Crippen molar-refractivity contribution in [2.24, 2.45) is 17.8 Å². The lowest BCUT2D eigenvalue weighted by molar-refractivity contribution is 0.236. The molecule has 184 valence electrons. The average molecular weight is 476 g/mol. The van der Waals surface area contributed by atoms with E-state index in [1.54, 1.807) is 6.08 Å². The molecule has 0 bridgehead atoms. The van der Waals surface area contributed by atoms with Gasteiger partial charge in [0.1, 0.15) is 0 Å². The van der Waals surface area contributed by atoms with Crippen molar-refractivity contribution in [2.75, 3.05) is 0 Å². The summed E-state index contributed by atoms with van der Waals surface area (Å²) in [7, 11) is 0. The van der Waals surface area contributed by atoms with E-state index in [2.05, 4.69) is 114 Å². The quantitative estimate of drug-likeness (QED) is 0.146. The van der Waals surface area contributed by atoms with Crippen LogP contribution >= 0.6 is 12.6 Å². The lowest BCUT2D eigenvalue weighted by Crippen LogP contribution is -2.39. The molecular formula is C32H45NS. The molecule has 0 radical (unpaired) electrons. The van der Waals surface area contributed by atoms with Crippen molar-refractivity contribution < 1.29 is 0 Å². The molecule has 1 aromatic carbocycles. The predicted octanol–water partition coefficient (Wildman–Crippen LogP) is 9.36. The van der Waals surface area contributed by atoms with Gasteiger partial charge in [0.25, 0.3) is 0 Å². The molecule has 0 heterocycles. The largest absolute Gasteiger partial charge is 0.365 e. The van der Waals surface area contributed by atoms with Crippen LogP contribution in [0.3, 0.4) is 0 Å². The first kappa shape index (κ1) is 29.6. The van der Waals surface area contributed by atoms with Crippen LogP contribution in [0.25, 0.3) is 0 Å². The van der Waals surface area contributed by atoms with Crippen molar-refractivity contribution in [1.82, 2.24) is 5.32 Å². The van der Waals surface area contributed by atoms with Gasteiger partial charge in [-0.1, -0.05) is 114 Å². The second-order valence-electron chi connectivity index (χ2n) is 9.23. The lowest BCUT2D eigenvalue weighted by Gasteiger charge is -2.43. The third-order valence-electron chi connectivity index (χ3n) is 6.44. The minimum atomic E-state index is -0.166. The van der Waals surface area contributed by atoms with Crippen molar-refractivity contribution in [2.45, 2.75) is 64.2 Å². The Morgan fingerprint density at radius 3 is 2.32 bits per heavy atom. The second-order valence-corrected chi connectivity index (χ2v) is 9.71. The number of rotatable bonds is 15. The van der Waals surface area contributed by atoms with Crippen molar-refractivity contribution in [1.29, 1.82) is 0 Å². The molecule has 3 atom stereocenters. The summed E-state index contributed by atoms with van der Waals surface area (Å²) in [5.41, 5.74) is 2.35. The molecule has 0 aliphatic heterocycles. The molecule has 0 aliphatic carbocycles. The Labute approximate surface area is 215 Å². The summed E-state index contributed by atoms with van der Waals surface area (Å²) in [6.07, 6.45) is 26.0. The first-order valence-electron chi connectivity index (χ1n) is 12.4. The number of hydrogen-bond acceptors (Lipinski definition) is 2. The van der Waals surface area contributed by atoms with Gasteiger partial charge < -0.3 is 5.32 Å². The molecular weight excluding hydrogens is 430 g/mol. The Morgan fingerprint density at radius 1 is 1.00 bits per heavy atom. The van der Waals surface area contributed by atoms with E-state index < -0.39 is 0 Å². The smallest absolute Gasteiger partial charge is 0.0200 e. The van der Waals surface area contributed by atoms with Crippen molar-refractivity contribution >= 4 is 12.6 Å². The van der Waals surface area contributed by atoms with Gasteiger partial charge in [-0.2, -0.15) is 0 Å². The number of hydrogen-bond donors (Lipinski definition) is 2. The van der Waals surface area contributed by atoms with E-state index >= 15 is 0 Å². The maximum absolute atomic E-state index is 4.92. The van der Waals surface area contributed by atoms with Gasteiger partial charge in [0, 0.05) is 22.2 Å². The van der Waals surface area contributed by atoms with Gasteiger partial charge in [0.2, 0.25) is 0 Å². The maximum atomic E-state index is 4.92. The highest BCUT2D eigenvalue weighted by Crippen LogP contribution is 2.47. The van der Waals surface area contributed by atoms with Crippen molar-refractivity contribution in [3.05, 3.63) is 116 Å². The summed E-state index contributed by atoms with van der Waals surface area (Å²) >= 11 is 4.92. The third-order valence-corrected chi connectivity index (χ3v) is 6.83. The minimum Gasteiger partial charge on any atom is -0.365 e. The van der Waals surface area contributed by atoms with Crippen LogP contribution in [0.2, 0.25) is 0 Å².